The third-order valence-corrected chi connectivity index (χ3v) is 9.40. The Morgan fingerprint density at radius 1 is 0.636 bits per heavy atom. The maximum Gasteiger partial charge on any atom is 0.407 e. The summed E-state index contributed by atoms with van der Waals surface area (Å²) in [5.41, 5.74) is 3.62. The number of aliphatic hydroxyl groups is 1. The van der Waals surface area contributed by atoms with E-state index in [0.717, 1.165) is 22.3 Å². The van der Waals surface area contributed by atoms with Crippen molar-refractivity contribution in [1.29, 1.82) is 0 Å². The standard InChI is InChI=1S/C43H49NO11/c1-29-38(54-30(2)45)35(44-43(47)52-27-34-21-13-6-14-22-34)23-37(53-29)48-28-36-39(49-24-31-15-7-3-8-16-31)40(50-25-32-17-9-4-10-18-32)41(42(46)55-36)51-26-33-19-11-5-12-20-33/h3-22,29,35-42,46H,23-28H2,1-2H3,(H,44,47)/t29-,35+,36+,37+,38-,39+,40-,41+,42-/m0/s1. The van der Waals surface area contributed by atoms with Crippen LogP contribution in [0.5, 0.6) is 0 Å². The number of carbonyl (C=O) groups excluding carboxylic acids is 2. The Hall–Kier alpha value is -4.66. The Morgan fingerprint density at radius 3 is 1.62 bits per heavy atom. The number of alkyl carbamates (subject to hydrolysis) is 1. The van der Waals surface area contributed by atoms with Crippen LogP contribution in [0, 0.1) is 0 Å². The van der Waals surface area contributed by atoms with E-state index >= 15 is 0 Å². The molecule has 4 aromatic rings. The molecule has 0 radical (unpaired) electrons. The van der Waals surface area contributed by atoms with E-state index in [0.29, 0.717) is 0 Å². The maximum atomic E-state index is 12.9. The van der Waals surface area contributed by atoms with Gasteiger partial charge in [0.15, 0.2) is 12.6 Å². The molecule has 4 aromatic carbocycles. The number of nitrogens with one attached hydrogen (secondary N) is 1. The number of rotatable bonds is 16. The van der Waals surface area contributed by atoms with Crippen LogP contribution in [0.15, 0.2) is 121 Å². The van der Waals surface area contributed by atoms with Crippen LogP contribution in [0.3, 0.4) is 0 Å². The van der Waals surface area contributed by atoms with Crippen LogP contribution in [0.25, 0.3) is 0 Å². The van der Waals surface area contributed by atoms with Crippen LogP contribution in [-0.4, -0.2) is 79.0 Å². The second-order valence-electron chi connectivity index (χ2n) is 13.6. The van der Waals surface area contributed by atoms with Gasteiger partial charge in [-0.1, -0.05) is 121 Å². The minimum absolute atomic E-state index is 0.0683. The van der Waals surface area contributed by atoms with Crippen LogP contribution in [0.2, 0.25) is 0 Å². The van der Waals surface area contributed by atoms with E-state index in [1.165, 1.54) is 6.92 Å². The van der Waals surface area contributed by atoms with Gasteiger partial charge < -0.3 is 48.3 Å². The third kappa shape index (κ3) is 11.9. The van der Waals surface area contributed by atoms with E-state index in [2.05, 4.69) is 5.32 Å². The smallest absolute Gasteiger partial charge is 0.407 e. The molecule has 2 fully saturated rings. The van der Waals surface area contributed by atoms with E-state index < -0.39 is 67.3 Å². The van der Waals surface area contributed by atoms with Crippen molar-refractivity contribution in [3.8, 4) is 0 Å². The molecule has 0 saturated carbocycles. The van der Waals surface area contributed by atoms with Gasteiger partial charge in [-0.3, -0.25) is 4.79 Å². The average molecular weight is 756 g/mol. The molecule has 0 spiro atoms. The highest BCUT2D eigenvalue weighted by atomic mass is 16.7. The lowest BCUT2D eigenvalue weighted by molar-refractivity contribution is -0.325. The molecule has 6 rings (SSSR count). The number of hydrogen-bond acceptors (Lipinski definition) is 11. The summed E-state index contributed by atoms with van der Waals surface area (Å²) in [6.45, 7) is 3.71. The Balaban J connectivity index is 1.18. The van der Waals surface area contributed by atoms with Crippen LogP contribution in [0.1, 0.15) is 42.5 Å². The molecule has 0 aliphatic carbocycles. The van der Waals surface area contributed by atoms with E-state index in [4.69, 9.17) is 37.9 Å². The van der Waals surface area contributed by atoms with E-state index in [9.17, 15) is 14.7 Å². The van der Waals surface area contributed by atoms with Crippen LogP contribution in [0.4, 0.5) is 4.79 Å². The molecule has 12 heteroatoms. The van der Waals surface area contributed by atoms with Gasteiger partial charge in [-0.25, -0.2) is 4.79 Å². The van der Waals surface area contributed by atoms with Crippen molar-refractivity contribution < 1.29 is 52.6 Å². The predicted molar refractivity (Wildman–Crippen MR) is 200 cm³/mol. The topological polar surface area (TPSA) is 140 Å². The van der Waals surface area contributed by atoms with Gasteiger partial charge in [-0.05, 0) is 29.2 Å². The molecule has 2 N–H and O–H groups in total. The summed E-state index contributed by atoms with van der Waals surface area (Å²) in [4.78, 5) is 25.0. The van der Waals surface area contributed by atoms with Crippen LogP contribution in [-0.2, 0) is 69.1 Å². The van der Waals surface area contributed by atoms with Crippen molar-refractivity contribution >= 4 is 12.1 Å². The third-order valence-electron chi connectivity index (χ3n) is 9.40. The molecule has 12 nitrogen and oxygen atoms in total. The van der Waals surface area contributed by atoms with Gasteiger partial charge in [0.1, 0.15) is 37.1 Å². The molecule has 292 valence electrons. The van der Waals surface area contributed by atoms with E-state index in [1.54, 1.807) is 6.92 Å². The van der Waals surface area contributed by atoms with Crippen LogP contribution < -0.4 is 5.32 Å². The van der Waals surface area contributed by atoms with Crippen LogP contribution >= 0.6 is 0 Å². The van der Waals surface area contributed by atoms with Gasteiger partial charge in [-0.15, -0.1) is 0 Å². The SMILES string of the molecule is CC(=O)O[C@H]1[C@H](C)O[C@@H](OC[C@H]2O[C@H](O)[C@H](OCc3ccccc3)[C@@H](OCc3ccccc3)[C@@H]2OCc2ccccc2)C[C@H]1NC(=O)OCc1ccccc1. The molecular formula is C43H49NO11. The highest BCUT2D eigenvalue weighted by Gasteiger charge is 2.49. The van der Waals surface area contributed by atoms with Crippen molar-refractivity contribution in [3.05, 3.63) is 144 Å². The zero-order chi connectivity index (χ0) is 38.4. The fraction of sp³-hybridized carbons (Fsp3) is 0.395. The minimum atomic E-state index is -1.39. The summed E-state index contributed by atoms with van der Waals surface area (Å²) in [6.07, 6.45) is -7.51. The number of hydrogen-bond donors (Lipinski definition) is 2. The first-order valence-electron chi connectivity index (χ1n) is 18.5. The Kier molecular flexibility index (Phi) is 14.8. The van der Waals surface area contributed by atoms with E-state index in [1.807, 2.05) is 121 Å². The molecule has 2 aliphatic rings. The first-order chi connectivity index (χ1) is 26.8. The molecule has 55 heavy (non-hydrogen) atoms. The number of benzene rings is 4. The van der Waals surface area contributed by atoms with Gasteiger partial charge in [0.25, 0.3) is 0 Å². The molecule has 0 aromatic heterocycles. The summed E-state index contributed by atoms with van der Waals surface area (Å²) in [6, 6.07) is 37.7. The first-order valence-corrected chi connectivity index (χ1v) is 18.5. The number of aliphatic hydroxyl groups excluding tert-OH is 1. The molecular weight excluding hydrogens is 706 g/mol. The highest BCUT2D eigenvalue weighted by Crippen LogP contribution is 2.31. The van der Waals surface area contributed by atoms with Gasteiger partial charge in [-0.2, -0.15) is 0 Å². The molecule has 0 bridgehead atoms. The monoisotopic (exact) mass is 755 g/mol. The van der Waals surface area contributed by atoms with Crippen molar-refractivity contribution in [2.45, 2.75) is 102 Å². The van der Waals surface area contributed by atoms with Gasteiger partial charge in [0, 0.05) is 13.3 Å². The fourth-order valence-corrected chi connectivity index (χ4v) is 6.68. The molecule has 2 aliphatic heterocycles. The molecule has 0 unspecified atom stereocenters. The molecule has 1 amide bonds. The Morgan fingerprint density at radius 2 is 1.11 bits per heavy atom. The Labute approximate surface area is 321 Å². The fourth-order valence-electron chi connectivity index (χ4n) is 6.68. The highest BCUT2D eigenvalue weighted by molar-refractivity contribution is 5.68. The summed E-state index contributed by atoms with van der Waals surface area (Å²) in [5, 5.41) is 14.3. The quantitative estimate of drug-likeness (QED) is 0.133. The lowest BCUT2D eigenvalue weighted by Crippen LogP contribution is -2.61. The number of esters is 1. The largest absolute Gasteiger partial charge is 0.458 e. The van der Waals surface area contributed by atoms with Gasteiger partial charge >= 0.3 is 12.1 Å². The number of ether oxygens (including phenoxy) is 8. The zero-order valence-electron chi connectivity index (χ0n) is 31.0. The average Bonchev–Trinajstić information content (AvgIpc) is 3.20. The van der Waals surface area contributed by atoms with Crippen molar-refractivity contribution in [2.24, 2.45) is 0 Å². The molecule has 2 heterocycles. The summed E-state index contributed by atoms with van der Waals surface area (Å²) < 4.78 is 49.2. The minimum Gasteiger partial charge on any atom is -0.458 e. The normalized spacial score (nSPS) is 26.5. The predicted octanol–water partition coefficient (Wildman–Crippen LogP) is 5.84. The van der Waals surface area contributed by atoms with Crippen molar-refractivity contribution in [3.63, 3.8) is 0 Å². The lowest BCUT2D eigenvalue weighted by Gasteiger charge is -2.45. The zero-order valence-corrected chi connectivity index (χ0v) is 31.0. The number of amides is 1. The van der Waals surface area contributed by atoms with E-state index in [-0.39, 0.29) is 39.5 Å². The lowest BCUT2D eigenvalue weighted by atomic mass is 9.97. The molecule has 2 saturated heterocycles. The van der Waals surface area contributed by atoms with Gasteiger partial charge in [0.2, 0.25) is 0 Å². The van der Waals surface area contributed by atoms with Gasteiger partial charge in [0.05, 0.1) is 38.6 Å². The Bertz CT molecular complexity index is 1730. The number of carbonyl (C=O) groups is 2. The second-order valence-corrected chi connectivity index (χ2v) is 13.6. The summed E-state index contributed by atoms with van der Waals surface area (Å²) in [5.74, 6) is -0.516. The second kappa shape index (κ2) is 20.3. The molecule has 9 atom stereocenters. The maximum absolute atomic E-state index is 12.9. The van der Waals surface area contributed by atoms with Crippen molar-refractivity contribution in [1.82, 2.24) is 5.32 Å². The summed E-state index contributed by atoms with van der Waals surface area (Å²) in [7, 11) is 0. The summed E-state index contributed by atoms with van der Waals surface area (Å²) >= 11 is 0. The first kappa shape index (κ1) is 40.0. The van der Waals surface area contributed by atoms with Crippen molar-refractivity contribution in [2.75, 3.05) is 6.61 Å².